The molecule has 1 N–H and O–H groups in total. The van der Waals surface area contributed by atoms with Crippen molar-refractivity contribution in [2.75, 3.05) is 25.6 Å². The Kier molecular flexibility index (Phi) is 6.50. The first-order valence-electron chi connectivity index (χ1n) is 7.83. The second-order valence-corrected chi connectivity index (χ2v) is 5.94. The van der Waals surface area contributed by atoms with E-state index in [1.807, 2.05) is 44.2 Å². The quantitative estimate of drug-likeness (QED) is 0.586. The number of para-hydroxylation sites is 1. The van der Waals surface area contributed by atoms with E-state index in [-0.39, 0.29) is 5.97 Å². The van der Waals surface area contributed by atoms with Gasteiger partial charge in [0.1, 0.15) is 5.75 Å². The lowest BCUT2D eigenvalue weighted by atomic mass is 10.1. The Bertz CT molecular complexity index is 716. The summed E-state index contributed by atoms with van der Waals surface area (Å²) >= 11 is 6.00. The monoisotopic (exact) mass is 347 g/mol. The molecule has 0 saturated heterocycles. The molecule has 0 saturated carbocycles. The van der Waals surface area contributed by atoms with E-state index in [4.69, 9.17) is 21.1 Å². The molecule has 0 aliphatic heterocycles. The predicted octanol–water partition coefficient (Wildman–Crippen LogP) is 4.62. The lowest BCUT2D eigenvalue weighted by Gasteiger charge is -2.14. The third kappa shape index (κ3) is 4.65. The maximum Gasteiger partial charge on any atom is 0.339 e. The number of esters is 1. The van der Waals surface area contributed by atoms with Crippen molar-refractivity contribution < 1.29 is 14.3 Å². The lowest BCUT2D eigenvalue weighted by Crippen LogP contribution is -2.12. The summed E-state index contributed by atoms with van der Waals surface area (Å²) in [5.41, 5.74) is 3.36. The number of hydrogen-bond donors (Lipinski definition) is 1. The molecule has 2 aromatic carbocycles. The molecule has 0 radical (unpaired) electrons. The van der Waals surface area contributed by atoms with E-state index in [9.17, 15) is 4.79 Å². The Morgan fingerprint density at radius 3 is 2.67 bits per heavy atom. The number of anilines is 1. The summed E-state index contributed by atoms with van der Waals surface area (Å²) in [4.78, 5) is 11.8. The van der Waals surface area contributed by atoms with Crippen molar-refractivity contribution in [3.63, 3.8) is 0 Å². The van der Waals surface area contributed by atoms with E-state index in [1.54, 1.807) is 6.07 Å². The number of carbonyl (C=O) groups is 1. The molecule has 2 rings (SSSR count). The second-order valence-electron chi connectivity index (χ2n) is 5.53. The summed E-state index contributed by atoms with van der Waals surface area (Å²) in [6.45, 7) is 5.18. The van der Waals surface area contributed by atoms with E-state index < -0.39 is 0 Å². The minimum atomic E-state index is -0.339. The van der Waals surface area contributed by atoms with Crippen LogP contribution in [0.25, 0.3) is 0 Å². The van der Waals surface area contributed by atoms with Crippen LogP contribution in [0.2, 0.25) is 5.02 Å². The van der Waals surface area contributed by atoms with Gasteiger partial charge in [-0.1, -0.05) is 23.7 Å². The lowest BCUT2D eigenvalue weighted by molar-refractivity contribution is 0.0601. The van der Waals surface area contributed by atoms with Gasteiger partial charge in [0.2, 0.25) is 0 Å². The minimum Gasteiger partial charge on any atom is -0.494 e. The average molecular weight is 348 g/mol. The highest BCUT2D eigenvalue weighted by Crippen LogP contribution is 2.22. The number of methoxy groups -OCH3 is 1. The number of hydrogen-bond acceptors (Lipinski definition) is 4. The molecular weight excluding hydrogens is 326 g/mol. The molecule has 0 aliphatic rings. The number of halogens is 1. The zero-order chi connectivity index (χ0) is 17.5. The van der Waals surface area contributed by atoms with Crippen LogP contribution in [0.5, 0.6) is 5.75 Å². The maximum atomic E-state index is 11.8. The van der Waals surface area contributed by atoms with Crippen LogP contribution in [0.3, 0.4) is 0 Å². The van der Waals surface area contributed by atoms with Gasteiger partial charge in [-0.3, -0.25) is 0 Å². The number of carbonyl (C=O) groups excluding carboxylic acids is 1. The van der Waals surface area contributed by atoms with Gasteiger partial charge in [0.05, 0.1) is 25.0 Å². The van der Waals surface area contributed by atoms with Gasteiger partial charge in [-0.05, 0) is 55.7 Å². The van der Waals surface area contributed by atoms with Crippen molar-refractivity contribution in [2.24, 2.45) is 0 Å². The van der Waals surface area contributed by atoms with Gasteiger partial charge in [-0.25, -0.2) is 4.79 Å². The Labute approximate surface area is 147 Å². The Hall–Kier alpha value is -2.20. The topological polar surface area (TPSA) is 47.6 Å². The third-order valence-corrected chi connectivity index (χ3v) is 4.12. The standard InChI is InChI=1S/C19H22ClNO3/c1-13-6-4-7-16(19(22)23-3)18(13)21-10-5-11-24-15-8-9-17(20)14(2)12-15/h4,6-9,12,21H,5,10-11H2,1-3H3. The Morgan fingerprint density at radius 1 is 1.17 bits per heavy atom. The van der Waals surface area contributed by atoms with Crippen molar-refractivity contribution in [1.82, 2.24) is 0 Å². The van der Waals surface area contributed by atoms with Crippen LogP contribution in [0.1, 0.15) is 27.9 Å². The molecule has 0 atom stereocenters. The summed E-state index contributed by atoms with van der Waals surface area (Å²) in [6, 6.07) is 11.2. The third-order valence-electron chi connectivity index (χ3n) is 3.70. The van der Waals surface area contributed by atoms with Crippen LogP contribution in [-0.2, 0) is 4.74 Å². The first-order valence-corrected chi connectivity index (χ1v) is 8.21. The van der Waals surface area contributed by atoms with Crippen molar-refractivity contribution in [2.45, 2.75) is 20.3 Å². The molecule has 0 unspecified atom stereocenters. The van der Waals surface area contributed by atoms with Gasteiger partial charge in [0.25, 0.3) is 0 Å². The van der Waals surface area contributed by atoms with Gasteiger partial charge < -0.3 is 14.8 Å². The summed E-state index contributed by atoms with van der Waals surface area (Å²) in [5, 5.41) is 4.04. The van der Waals surface area contributed by atoms with E-state index in [0.29, 0.717) is 18.7 Å². The molecule has 0 bridgehead atoms. The van der Waals surface area contributed by atoms with Crippen molar-refractivity contribution >= 4 is 23.3 Å². The van der Waals surface area contributed by atoms with E-state index in [0.717, 1.165) is 34.0 Å². The molecule has 24 heavy (non-hydrogen) atoms. The summed E-state index contributed by atoms with van der Waals surface area (Å²) in [7, 11) is 1.39. The fourth-order valence-corrected chi connectivity index (χ4v) is 2.48. The molecule has 0 fully saturated rings. The molecule has 5 heteroatoms. The first-order chi connectivity index (χ1) is 11.5. The molecular formula is C19H22ClNO3. The van der Waals surface area contributed by atoms with Gasteiger partial charge in [-0.15, -0.1) is 0 Å². The number of nitrogens with one attached hydrogen (secondary N) is 1. The largest absolute Gasteiger partial charge is 0.494 e. The molecule has 0 aromatic heterocycles. The first kappa shape index (κ1) is 18.1. The smallest absolute Gasteiger partial charge is 0.339 e. The van der Waals surface area contributed by atoms with Crippen LogP contribution in [0.4, 0.5) is 5.69 Å². The van der Waals surface area contributed by atoms with Crippen LogP contribution in [0, 0.1) is 13.8 Å². The van der Waals surface area contributed by atoms with Gasteiger partial charge in [-0.2, -0.15) is 0 Å². The molecule has 4 nitrogen and oxygen atoms in total. The highest BCUT2D eigenvalue weighted by molar-refractivity contribution is 6.31. The van der Waals surface area contributed by atoms with Crippen LogP contribution >= 0.6 is 11.6 Å². The molecule has 2 aromatic rings. The minimum absolute atomic E-state index is 0.339. The van der Waals surface area contributed by atoms with Gasteiger partial charge in [0, 0.05) is 11.6 Å². The Balaban J connectivity index is 1.86. The molecule has 0 heterocycles. The van der Waals surface area contributed by atoms with Crippen LogP contribution in [-0.4, -0.2) is 26.2 Å². The van der Waals surface area contributed by atoms with Crippen LogP contribution in [0.15, 0.2) is 36.4 Å². The van der Waals surface area contributed by atoms with Crippen molar-refractivity contribution in [3.05, 3.63) is 58.1 Å². The number of rotatable bonds is 7. The van der Waals surface area contributed by atoms with Crippen molar-refractivity contribution in [1.29, 1.82) is 0 Å². The highest BCUT2D eigenvalue weighted by Gasteiger charge is 2.12. The molecule has 0 spiro atoms. The summed E-state index contributed by atoms with van der Waals surface area (Å²) in [6.07, 6.45) is 0.802. The number of ether oxygens (including phenoxy) is 2. The van der Waals surface area contributed by atoms with E-state index >= 15 is 0 Å². The predicted molar refractivity (Wildman–Crippen MR) is 97.3 cm³/mol. The SMILES string of the molecule is COC(=O)c1cccc(C)c1NCCCOc1ccc(Cl)c(C)c1. The highest BCUT2D eigenvalue weighted by atomic mass is 35.5. The Morgan fingerprint density at radius 2 is 1.96 bits per heavy atom. The molecule has 0 amide bonds. The normalized spacial score (nSPS) is 10.3. The second kappa shape index (κ2) is 8.60. The molecule has 0 aliphatic carbocycles. The van der Waals surface area contributed by atoms with E-state index in [1.165, 1.54) is 7.11 Å². The van der Waals surface area contributed by atoms with E-state index in [2.05, 4.69) is 5.32 Å². The fraction of sp³-hybridized carbons (Fsp3) is 0.316. The number of aryl methyl sites for hydroxylation is 2. The summed E-state index contributed by atoms with van der Waals surface area (Å²) in [5.74, 6) is 0.470. The van der Waals surface area contributed by atoms with Crippen molar-refractivity contribution in [3.8, 4) is 5.75 Å². The number of benzene rings is 2. The van der Waals surface area contributed by atoms with Gasteiger partial charge >= 0.3 is 5.97 Å². The maximum absolute atomic E-state index is 11.8. The zero-order valence-electron chi connectivity index (χ0n) is 14.2. The fourth-order valence-electron chi connectivity index (χ4n) is 2.37. The van der Waals surface area contributed by atoms with Crippen LogP contribution < -0.4 is 10.1 Å². The molecule has 128 valence electrons. The summed E-state index contributed by atoms with van der Waals surface area (Å²) < 4.78 is 10.5. The zero-order valence-corrected chi connectivity index (χ0v) is 14.9. The van der Waals surface area contributed by atoms with Gasteiger partial charge in [0.15, 0.2) is 0 Å². The average Bonchev–Trinajstić information content (AvgIpc) is 2.58.